The fourth-order valence-corrected chi connectivity index (χ4v) is 3.60. The molecule has 0 spiro atoms. The molecule has 4 rings (SSSR count). The molecule has 1 saturated carbocycles. The predicted molar refractivity (Wildman–Crippen MR) is 87.8 cm³/mol. The molecule has 2 aromatic heterocycles. The van der Waals surface area contributed by atoms with Gasteiger partial charge in [0.05, 0.1) is 6.54 Å². The highest BCUT2D eigenvalue weighted by Gasteiger charge is 2.41. The van der Waals surface area contributed by atoms with E-state index in [0.29, 0.717) is 24.5 Å². The number of carbonyl (C=O) groups is 1. The SMILES string of the molecule is O=C(Nc1ncn(Cc2cccnc2)n1)C1NNC2CCCCC21. The number of aromatic nitrogens is 4. The number of hydrazine groups is 1. The molecular weight excluding hydrogens is 306 g/mol. The Bertz CT molecular complexity index is 701. The maximum absolute atomic E-state index is 12.5. The van der Waals surface area contributed by atoms with Crippen LogP contribution in [-0.2, 0) is 11.3 Å². The fraction of sp³-hybridized carbons (Fsp3) is 0.500. The van der Waals surface area contributed by atoms with Gasteiger partial charge in [0.15, 0.2) is 0 Å². The molecule has 1 aliphatic carbocycles. The van der Waals surface area contributed by atoms with Crippen molar-refractivity contribution in [3.05, 3.63) is 36.4 Å². The zero-order valence-corrected chi connectivity index (χ0v) is 13.4. The van der Waals surface area contributed by atoms with Crippen LogP contribution in [0.2, 0.25) is 0 Å². The first-order valence-corrected chi connectivity index (χ1v) is 8.40. The van der Waals surface area contributed by atoms with Crippen LogP contribution in [0.1, 0.15) is 31.2 Å². The average molecular weight is 327 g/mol. The third-order valence-corrected chi connectivity index (χ3v) is 4.79. The second-order valence-corrected chi connectivity index (χ2v) is 6.44. The lowest BCUT2D eigenvalue weighted by Crippen LogP contribution is -2.42. The molecule has 2 aromatic rings. The monoisotopic (exact) mass is 327 g/mol. The van der Waals surface area contributed by atoms with E-state index in [-0.39, 0.29) is 11.9 Å². The van der Waals surface area contributed by atoms with Gasteiger partial charge in [-0.3, -0.25) is 20.5 Å². The van der Waals surface area contributed by atoms with E-state index in [0.717, 1.165) is 18.4 Å². The Balaban J connectivity index is 1.38. The van der Waals surface area contributed by atoms with Gasteiger partial charge in [-0.25, -0.2) is 15.1 Å². The summed E-state index contributed by atoms with van der Waals surface area (Å²) in [7, 11) is 0. The van der Waals surface area contributed by atoms with Gasteiger partial charge in [0, 0.05) is 24.4 Å². The smallest absolute Gasteiger partial charge is 0.248 e. The van der Waals surface area contributed by atoms with Crippen molar-refractivity contribution < 1.29 is 4.79 Å². The van der Waals surface area contributed by atoms with Gasteiger partial charge in [-0.1, -0.05) is 18.9 Å². The molecule has 1 saturated heterocycles. The number of anilines is 1. The van der Waals surface area contributed by atoms with Gasteiger partial charge in [0.2, 0.25) is 11.9 Å². The van der Waals surface area contributed by atoms with Crippen molar-refractivity contribution in [2.24, 2.45) is 5.92 Å². The summed E-state index contributed by atoms with van der Waals surface area (Å²) < 4.78 is 1.69. The molecule has 126 valence electrons. The fourth-order valence-electron chi connectivity index (χ4n) is 3.60. The first-order valence-electron chi connectivity index (χ1n) is 8.40. The Morgan fingerprint density at radius 3 is 3.12 bits per heavy atom. The molecule has 0 bridgehead atoms. The van der Waals surface area contributed by atoms with Crippen LogP contribution in [0.15, 0.2) is 30.9 Å². The second-order valence-electron chi connectivity index (χ2n) is 6.44. The summed E-state index contributed by atoms with van der Waals surface area (Å²) in [5, 5.41) is 7.14. The lowest BCUT2D eigenvalue weighted by Gasteiger charge is -2.26. The van der Waals surface area contributed by atoms with Crippen molar-refractivity contribution in [2.75, 3.05) is 5.32 Å². The van der Waals surface area contributed by atoms with Gasteiger partial charge in [-0.2, -0.15) is 0 Å². The van der Waals surface area contributed by atoms with E-state index in [4.69, 9.17) is 0 Å². The van der Waals surface area contributed by atoms with Crippen molar-refractivity contribution >= 4 is 11.9 Å². The minimum Gasteiger partial charge on any atom is -0.292 e. The van der Waals surface area contributed by atoms with E-state index in [2.05, 4.69) is 31.2 Å². The highest BCUT2D eigenvalue weighted by atomic mass is 16.2. The summed E-state index contributed by atoms with van der Waals surface area (Å²) in [5.74, 6) is 0.609. The highest BCUT2D eigenvalue weighted by Crippen LogP contribution is 2.30. The van der Waals surface area contributed by atoms with Crippen LogP contribution in [0.25, 0.3) is 0 Å². The summed E-state index contributed by atoms with van der Waals surface area (Å²) in [5.41, 5.74) is 7.42. The van der Waals surface area contributed by atoms with Crippen molar-refractivity contribution in [3.8, 4) is 0 Å². The van der Waals surface area contributed by atoms with Crippen molar-refractivity contribution in [2.45, 2.75) is 44.3 Å². The average Bonchev–Trinajstić information content (AvgIpc) is 3.22. The molecule has 1 aliphatic heterocycles. The number of fused-ring (bicyclic) bond motifs is 1. The van der Waals surface area contributed by atoms with Crippen LogP contribution in [0.3, 0.4) is 0 Å². The number of carbonyl (C=O) groups excluding carboxylic acids is 1. The molecule has 3 unspecified atom stereocenters. The van der Waals surface area contributed by atoms with Gasteiger partial charge < -0.3 is 0 Å². The molecule has 0 aromatic carbocycles. The number of nitrogens with one attached hydrogen (secondary N) is 3. The summed E-state index contributed by atoms with van der Waals surface area (Å²) in [6, 6.07) is 4.03. The van der Waals surface area contributed by atoms with Gasteiger partial charge in [-0.05, 0) is 24.5 Å². The summed E-state index contributed by atoms with van der Waals surface area (Å²) in [6.07, 6.45) is 9.75. The Hall–Kier alpha value is -2.32. The Labute approximate surface area is 140 Å². The molecule has 24 heavy (non-hydrogen) atoms. The molecule has 3 heterocycles. The van der Waals surface area contributed by atoms with Crippen LogP contribution in [0.5, 0.6) is 0 Å². The summed E-state index contributed by atoms with van der Waals surface area (Å²) >= 11 is 0. The molecule has 8 heteroatoms. The van der Waals surface area contributed by atoms with E-state index in [1.54, 1.807) is 23.4 Å². The Kier molecular flexibility index (Phi) is 4.22. The minimum atomic E-state index is -0.222. The number of nitrogens with zero attached hydrogens (tertiary/aromatic N) is 4. The van der Waals surface area contributed by atoms with Crippen LogP contribution < -0.4 is 16.2 Å². The zero-order valence-electron chi connectivity index (χ0n) is 13.4. The van der Waals surface area contributed by atoms with Crippen molar-refractivity contribution in [1.82, 2.24) is 30.6 Å². The number of rotatable bonds is 4. The molecule has 3 atom stereocenters. The topological polar surface area (TPSA) is 96.8 Å². The van der Waals surface area contributed by atoms with Gasteiger partial charge >= 0.3 is 0 Å². The summed E-state index contributed by atoms with van der Waals surface area (Å²) in [6.45, 7) is 0.574. The number of hydrogen-bond donors (Lipinski definition) is 3. The van der Waals surface area contributed by atoms with E-state index < -0.39 is 0 Å². The van der Waals surface area contributed by atoms with Gasteiger partial charge in [-0.15, -0.1) is 5.10 Å². The lowest BCUT2D eigenvalue weighted by molar-refractivity contribution is -0.119. The molecule has 2 aliphatic rings. The third kappa shape index (κ3) is 3.15. The second kappa shape index (κ2) is 6.66. The number of hydrogen-bond acceptors (Lipinski definition) is 6. The van der Waals surface area contributed by atoms with Crippen LogP contribution >= 0.6 is 0 Å². The molecule has 2 fully saturated rings. The first kappa shape index (κ1) is 15.2. The Morgan fingerprint density at radius 1 is 1.33 bits per heavy atom. The number of amides is 1. The largest absolute Gasteiger partial charge is 0.292 e. The van der Waals surface area contributed by atoms with Crippen LogP contribution in [0.4, 0.5) is 5.95 Å². The molecule has 0 radical (unpaired) electrons. The van der Waals surface area contributed by atoms with Crippen LogP contribution in [-0.4, -0.2) is 37.7 Å². The highest BCUT2D eigenvalue weighted by molar-refractivity contribution is 5.93. The van der Waals surface area contributed by atoms with E-state index in [9.17, 15) is 4.79 Å². The standard InChI is InChI=1S/C16H21N7O/c24-15(14-12-5-1-2-6-13(12)20-21-14)19-16-18-10-23(22-16)9-11-4-3-7-17-8-11/h3-4,7-8,10,12-14,20-21H,1-2,5-6,9H2,(H,19,22,24). The third-order valence-electron chi connectivity index (χ3n) is 4.79. The minimum absolute atomic E-state index is 0.0731. The van der Waals surface area contributed by atoms with Crippen molar-refractivity contribution in [1.29, 1.82) is 0 Å². The van der Waals surface area contributed by atoms with Gasteiger partial charge in [0.25, 0.3) is 0 Å². The first-order chi connectivity index (χ1) is 11.8. The normalized spacial score (nSPS) is 26.1. The maximum atomic E-state index is 12.5. The quantitative estimate of drug-likeness (QED) is 0.765. The zero-order chi connectivity index (χ0) is 16.4. The molecule has 8 nitrogen and oxygen atoms in total. The molecule has 3 N–H and O–H groups in total. The molecular formula is C16H21N7O. The van der Waals surface area contributed by atoms with Crippen molar-refractivity contribution in [3.63, 3.8) is 0 Å². The van der Waals surface area contributed by atoms with E-state index in [1.165, 1.54) is 12.8 Å². The lowest BCUT2D eigenvalue weighted by atomic mass is 9.81. The summed E-state index contributed by atoms with van der Waals surface area (Å²) in [4.78, 5) is 20.8. The molecule has 1 amide bonds. The number of pyridine rings is 1. The Morgan fingerprint density at radius 2 is 2.25 bits per heavy atom. The van der Waals surface area contributed by atoms with Crippen LogP contribution in [0, 0.1) is 5.92 Å². The predicted octanol–water partition coefficient (Wildman–Crippen LogP) is 0.695. The van der Waals surface area contributed by atoms with Gasteiger partial charge in [0.1, 0.15) is 12.4 Å². The maximum Gasteiger partial charge on any atom is 0.248 e. The van der Waals surface area contributed by atoms with E-state index in [1.807, 2.05) is 12.1 Å². The van der Waals surface area contributed by atoms with E-state index >= 15 is 0 Å².